The topological polar surface area (TPSA) is 28.7 Å². The SMILES string of the molecule is ClCc1ncc(C2=CC=CCC2)[nH]1. The highest BCUT2D eigenvalue weighted by Crippen LogP contribution is 2.21. The molecule has 13 heavy (non-hydrogen) atoms. The molecule has 1 aromatic heterocycles. The summed E-state index contributed by atoms with van der Waals surface area (Å²) in [6.07, 6.45) is 10.4. The molecule has 0 aliphatic heterocycles. The summed E-state index contributed by atoms with van der Waals surface area (Å²) < 4.78 is 0. The average molecular weight is 195 g/mol. The number of nitrogens with one attached hydrogen (secondary N) is 1. The highest BCUT2D eigenvalue weighted by molar-refractivity contribution is 6.16. The summed E-state index contributed by atoms with van der Waals surface area (Å²) in [6, 6.07) is 0. The number of imidazole rings is 1. The highest BCUT2D eigenvalue weighted by Gasteiger charge is 2.05. The molecule has 0 atom stereocenters. The van der Waals surface area contributed by atoms with Crippen molar-refractivity contribution in [2.24, 2.45) is 0 Å². The van der Waals surface area contributed by atoms with Crippen LogP contribution in [0.3, 0.4) is 0 Å². The number of aromatic nitrogens is 2. The maximum atomic E-state index is 5.65. The summed E-state index contributed by atoms with van der Waals surface area (Å²) in [4.78, 5) is 7.34. The van der Waals surface area contributed by atoms with Gasteiger partial charge in [0.05, 0.1) is 17.8 Å². The summed E-state index contributed by atoms with van der Waals surface area (Å²) >= 11 is 5.65. The van der Waals surface area contributed by atoms with Gasteiger partial charge in [0.1, 0.15) is 5.82 Å². The van der Waals surface area contributed by atoms with Gasteiger partial charge in [-0.15, -0.1) is 11.6 Å². The Labute approximate surface area is 82.3 Å². The number of hydrogen-bond donors (Lipinski definition) is 1. The number of hydrogen-bond acceptors (Lipinski definition) is 1. The standard InChI is InChI=1S/C10H11ClN2/c11-6-10-12-7-9(13-10)8-4-2-1-3-5-8/h1-2,4,7H,3,5-6H2,(H,12,13). The van der Waals surface area contributed by atoms with Crippen molar-refractivity contribution < 1.29 is 0 Å². The van der Waals surface area contributed by atoms with E-state index in [0.717, 1.165) is 24.4 Å². The maximum Gasteiger partial charge on any atom is 0.121 e. The zero-order valence-corrected chi connectivity index (χ0v) is 8.01. The van der Waals surface area contributed by atoms with Crippen LogP contribution in [-0.2, 0) is 5.88 Å². The molecule has 1 aliphatic rings. The van der Waals surface area contributed by atoms with Gasteiger partial charge in [0.15, 0.2) is 0 Å². The third-order valence-corrected chi connectivity index (χ3v) is 2.37. The zero-order chi connectivity index (χ0) is 9.10. The summed E-state index contributed by atoms with van der Waals surface area (Å²) in [5.74, 6) is 1.29. The molecule has 2 rings (SSSR count). The molecule has 0 bridgehead atoms. The van der Waals surface area contributed by atoms with Gasteiger partial charge in [0, 0.05) is 0 Å². The Morgan fingerprint density at radius 1 is 1.54 bits per heavy atom. The Bertz CT molecular complexity index is 350. The van der Waals surface area contributed by atoms with Crippen molar-refractivity contribution in [3.63, 3.8) is 0 Å². The smallest absolute Gasteiger partial charge is 0.121 e. The fraction of sp³-hybridized carbons (Fsp3) is 0.300. The van der Waals surface area contributed by atoms with Crippen molar-refractivity contribution in [3.8, 4) is 0 Å². The molecule has 3 heteroatoms. The molecule has 1 heterocycles. The van der Waals surface area contributed by atoms with Gasteiger partial charge in [-0.3, -0.25) is 0 Å². The molecule has 0 aromatic carbocycles. The number of rotatable bonds is 2. The summed E-state index contributed by atoms with van der Waals surface area (Å²) in [7, 11) is 0. The van der Waals surface area contributed by atoms with Crippen LogP contribution in [0, 0.1) is 0 Å². The number of alkyl halides is 1. The van der Waals surface area contributed by atoms with Crippen LogP contribution >= 0.6 is 11.6 Å². The molecule has 1 N–H and O–H groups in total. The van der Waals surface area contributed by atoms with Crippen molar-refractivity contribution in [2.75, 3.05) is 0 Å². The van der Waals surface area contributed by atoms with Crippen molar-refractivity contribution in [1.82, 2.24) is 9.97 Å². The van der Waals surface area contributed by atoms with Crippen LogP contribution < -0.4 is 0 Å². The lowest BCUT2D eigenvalue weighted by Crippen LogP contribution is -1.88. The second-order valence-corrected chi connectivity index (χ2v) is 3.30. The van der Waals surface area contributed by atoms with Crippen LogP contribution in [-0.4, -0.2) is 9.97 Å². The fourth-order valence-electron chi connectivity index (χ4n) is 1.42. The fourth-order valence-corrected chi connectivity index (χ4v) is 1.56. The minimum Gasteiger partial charge on any atom is -0.341 e. The summed E-state index contributed by atoms with van der Waals surface area (Å²) in [5.41, 5.74) is 2.41. The molecule has 0 saturated carbocycles. The van der Waals surface area contributed by atoms with Crippen LogP contribution in [0.2, 0.25) is 0 Å². The van der Waals surface area contributed by atoms with Gasteiger partial charge < -0.3 is 4.98 Å². The van der Waals surface area contributed by atoms with E-state index in [2.05, 4.69) is 28.2 Å². The predicted molar refractivity (Wildman–Crippen MR) is 54.5 cm³/mol. The third-order valence-electron chi connectivity index (χ3n) is 2.11. The second-order valence-electron chi connectivity index (χ2n) is 3.04. The molecule has 0 spiro atoms. The van der Waals surface area contributed by atoms with E-state index in [1.54, 1.807) is 0 Å². The molecule has 0 saturated heterocycles. The molecular weight excluding hydrogens is 184 g/mol. The third kappa shape index (κ3) is 1.83. The van der Waals surface area contributed by atoms with Crippen LogP contribution in [0.25, 0.3) is 5.57 Å². The van der Waals surface area contributed by atoms with Gasteiger partial charge in [-0.05, 0) is 18.4 Å². The molecule has 0 radical (unpaired) electrons. The van der Waals surface area contributed by atoms with E-state index in [1.807, 2.05) is 6.20 Å². The first-order valence-corrected chi connectivity index (χ1v) is 4.89. The number of H-pyrrole nitrogens is 1. The van der Waals surface area contributed by atoms with E-state index in [9.17, 15) is 0 Å². The quantitative estimate of drug-likeness (QED) is 0.721. The van der Waals surface area contributed by atoms with Gasteiger partial charge in [-0.1, -0.05) is 18.2 Å². The average Bonchev–Trinajstić information content (AvgIpc) is 2.67. The lowest BCUT2D eigenvalue weighted by Gasteiger charge is -2.05. The maximum absolute atomic E-state index is 5.65. The normalized spacial score (nSPS) is 15.9. The summed E-state index contributed by atoms with van der Waals surface area (Å²) in [5, 5.41) is 0. The second kappa shape index (κ2) is 3.79. The molecule has 68 valence electrons. The molecule has 0 fully saturated rings. The number of nitrogens with zero attached hydrogens (tertiary/aromatic N) is 1. The lowest BCUT2D eigenvalue weighted by molar-refractivity contribution is 1.04. The van der Waals surface area contributed by atoms with Gasteiger partial charge >= 0.3 is 0 Å². The number of allylic oxidation sites excluding steroid dienone is 4. The molecule has 1 aliphatic carbocycles. The van der Waals surface area contributed by atoms with E-state index in [0.29, 0.717) is 5.88 Å². The first kappa shape index (κ1) is 8.57. The van der Waals surface area contributed by atoms with Gasteiger partial charge in [-0.25, -0.2) is 4.98 Å². The molecule has 0 amide bonds. The molecular formula is C10H11ClN2. The van der Waals surface area contributed by atoms with E-state index < -0.39 is 0 Å². The Morgan fingerprint density at radius 3 is 3.08 bits per heavy atom. The molecule has 2 nitrogen and oxygen atoms in total. The Balaban J connectivity index is 2.24. The number of aromatic amines is 1. The van der Waals surface area contributed by atoms with E-state index in [1.165, 1.54) is 5.57 Å². The zero-order valence-electron chi connectivity index (χ0n) is 7.26. The van der Waals surface area contributed by atoms with Crippen LogP contribution in [0.15, 0.2) is 24.4 Å². The van der Waals surface area contributed by atoms with Crippen molar-refractivity contribution in [2.45, 2.75) is 18.7 Å². The first-order chi connectivity index (χ1) is 6.40. The largest absolute Gasteiger partial charge is 0.341 e. The van der Waals surface area contributed by atoms with Gasteiger partial charge in [-0.2, -0.15) is 0 Å². The highest BCUT2D eigenvalue weighted by atomic mass is 35.5. The minimum absolute atomic E-state index is 0.448. The van der Waals surface area contributed by atoms with Crippen molar-refractivity contribution in [1.29, 1.82) is 0 Å². The molecule has 0 unspecified atom stereocenters. The monoisotopic (exact) mass is 194 g/mol. The first-order valence-electron chi connectivity index (χ1n) is 4.36. The van der Waals surface area contributed by atoms with Gasteiger partial charge in [0.25, 0.3) is 0 Å². The van der Waals surface area contributed by atoms with Crippen molar-refractivity contribution in [3.05, 3.63) is 35.9 Å². The van der Waals surface area contributed by atoms with Gasteiger partial charge in [0.2, 0.25) is 0 Å². The minimum atomic E-state index is 0.448. The predicted octanol–water partition coefficient (Wildman–Crippen LogP) is 2.88. The number of halogens is 1. The van der Waals surface area contributed by atoms with E-state index in [-0.39, 0.29) is 0 Å². The van der Waals surface area contributed by atoms with Crippen LogP contribution in [0.5, 0.6) is 0 Å². The van der Waals surface area contributed by atoms with Crippen LogP contribution in [0.4, 0.5) is 0 Å². The van der Waals surface area contributed by atoms with Crippen LogP contribution in [0.1, 0.15) is 24.4 Å². The van der Waals surface area contributed by atoms with E-state index in [4.69, 9.17) is 11.6 Å². The van der Waals surface area contributed by atoms with E-state index >= 15 is 0 Å². The molecule has 1 aromatic rings. The Morgan fingerprint density at radius 2 is 2.46 bits per heavy atom. The van der Waals surface area contributed by atoms with Crippen molar-refractivity contribution >= 4 is 17.2 Å². The Hall–Kier alpha value is -1.02. The lowest BCUT2D eigenvalue weighted by atomic mass is 10.0. The summed E-state index contributed by atoms with van der Waals surface area (Å²) in [6.45, 7) is 0. The Kier molecular flexibility index (Phi) is 2.50.